The van der Waals surface area contributed by atoms with Gasteiger partial charge in [-0.3, -0.25) is 19.2 Å². The summed E-state index contributed by atoms with van der Waals surface area (Å²) >= 11 is 0. The van der Waals surface area contributed by atoms with Crippen molar-refractivity contribution in [2.75, 3.05) is 26.4 Å². The predicted molar refractivity (Wildman–Crippen MR) is 374 cm³/mol. The topological polar surface area (TPSA) is 146 Å². The monoisotopic (exact) mass is 1250 g/mol. The third-order valence-electron chi connectivity index (χ3n) is 17.7. The van der Waals surface area contributed by atoms with Crippen LogP contribution in [-0.2, 0) is 38.1 Å². The lowest BCUT2D eigenvalue weighted by molar-refractivity contribution is -0.161. The van der Waals surface area contributed by atoms with Crippen molar-refractivity contribution >= 4 is 23.9 Å². The maximum atomic E-state index is 12.1. The van der Waals surface area contributed by atoms with Gasteiger partial charge in [0.25, 0.3) is 0 Å². The molecule has 0 aliphatic rings. The molecule has 0 aromatic heterocycles. The number of rotatable bonds is 72. The molecule has 0 heterocycles. The summed E-state index contributed by atoms with van der Waals surface area (Å²) in [5.41, 5.74) is 0. The largest absolute Gasteiger partial charge is 0.463 e. The summed E-state index contributed by atoms with van der Waals surface area (Å²) < 4.78 is 20.9. The highest BCUT2D eigenvalue weighted by Crippen LogP contribution is 2.19. The van der Waals surface area contributed by atoms with Gasteiger partial charge in [0.2, 0.25) is 0 Å². The first-order valence-corrected chi connectivity index (χ1v) is 39.2. The number of aliphatic hydroxyl groups excluding tert-OH is 2. The van der Waals surface area contributed by atoms with Crippen LogP contribution in [-0.4, -0.2) is 72.7 Å². The second-order valence-corrected chi connectivity index (χ2v) is 26.8. The highest BCUT2D eigenvalue weighted by Gasteiger charge is 2.17. The molecule has 10 nitrogen and oxygen atoms in total. The minimum atomic E-state index is -0.954. The van der Waals surface area contributed by atoms with Crippen LogP contribution in [0.1, 0.15) is 439 Å². The summed E-state index contributed by atoms with van der Waals surface area (Å²) in [6.07, 6.45) is 77.4. The van der Waals surface area contributed by atoms with E-state index in [1.807, 2.05) is 0 Å². The van der Waals surface area contributed by atoms with Crippen molar-refractivity contribution in [3.8, 4) is 0 Å². The Morgan fingerprint density at radius 2 is 0.398 bits per heavy atom. The third-order valence-corrected chi connectivity index (χ3v) is 17.7. The van der Waals surface area contributed by atoms with Gasteiger partial charge in [-0.25, -0.2) is 0 Å². The summed E-state index contributed by atoms with van der Waals surface area (Å²) in [5.74, 6) is -1.13. The van der Waals surface area contributed by atoms with E-state index < -0.39 is 12.2 Å². The van der Waals surface area contributed by atoms with Gasteiger partial charge < -0.3 is 29.2 Å². The number of hydrogen-bond donors (Lipinski definition) is 2. The molecule has 524 valence electrons. The molecule has 1 atom stereocenters. The minimum Gasteiger partial charge on any atom is -0.463 e. The van der Waals surface area contributed by atoms with Gasteiger partial charge in [0.1, 0.15) is 25.9 Å². The fraction of sp³-hybridized carbons (Fsp3) is 0.949. The second kappa shape index (κ2) is 77.2. The van der Waals surface area contributed by atoms with Crippen LogP contribution >= 0.6 is 0 Å². The van der Waals surface area contributed by atoms with E-state index in [-0.39, 0.29) is 50.3 Å². The van der Waals surface area contributed by atoms with Crippen molar-refractivity contribution in [3.63, 3.8) is 0 Å². The molecule has 88 heavy (non-hydrogen) atoms. The number of ether oxygens (including phenoxy) is 4. The van der Waals surface area contributed by atoms with E-state index in [4.69, 9.17) is 18.9 Å². The molecule has 0 saturated carbocycles. The van der Waals surface area contributed by atoms with Gasteiger partial charge in [0.15, 0.2) is 6.10 Å². The molecule has 1 unspecified atom stereocenters. The average molecular weight is 1250 g/mol. The number of carbonyl (C=O) groups excluding carboxylic acids is 4. The number of hydrogen-bond acceptors (Lipinski definition) is 10. The molecule has 10 heteroatoms. The molecule has 0 bridgehead atoms. The molecule has 0 aliphatic carbocycles. The maximum absolute atomic E-state index is 12.1. The van der Waals surface area contributed by atoms with Crippen molar-refractivity contribution in [3.05, 3.63) is 0 Å². The highest BCUT2D eigenvalue weighted by molar-refractivity contribution is 5.70. The zero-order valence-corrected chi connectivity index (χ0v) is 59.4. The quantitative estimate of drug-likeness (QED) is 0.0343. The van der Waals surface area contributed by atoms with Gasteiger partial charge in [-0.1, -0.05) is 387 Å². The molecular weight excluding hydrogens is 1100 g/mol. The van der Waals surface area contributed by atoms with Gasteiger partial charge in [0, 0.05) is 25.7 Å². The predicted octanol–water partition coefficient (Wildman–Crippen LogP) is 23.9. The molecule has 0 saturated heterocycles. The Bertz CT molecular complexity index is 1340. The normalized spacial score (nSPS) is 11.7. The Morgan fingerprint density at radius 3 is 0.580 bits per heavy atom. The first-order valence-electron chi connectivity index (χ1n) is 39.2. The number of esters is 4. The van der Waals surface area contributed by atoms with Crippen molar-refractivity contribution < 1.29 is 48.3 Å². The zero-order chi connectivity index (χ0) is 64.4. The molecule has 0 spiro atoms. The fourth-order valence-electron chi connectivity index (χ4n) is 11.8. The Kier molecular flexibility index (Phi) is 77.1. The molecule has 0 aromatic carbocycles. The highest BCUT2D eigenvalue weighted by atomic mass is 16.6. The Labute approximate surface area is 547 Å². The lowest BCUT2D eigenvalue weighted by Crippen LogP contribution is -2.28. The lowest BCUT2D eigenvalue weighted by Gasteiger charge is -2.15. The van der Waals surface area contributed by atoms with E-state index in [0.717, 1.165) is 57.8 Å². The zero-order valence-electron chi connectivity index (χ0n) is 59.4. The van der Waals surface area contributed by atoms with Crippen molar-refractivity contribution in [2.24, 2.45) is 0 Å². The molecule has 0 fully saturated rings. The van der Waals surface area contributed by atoms with Crippen LogP contribution in [0.25, 0.3) is 0 Å². The molecular formula is C78H152O10. The summed E-state index contributed by atoms with van der Waals surface area (Å²) in [4.78, 5) is 48.1. The molecule has 0 aliphatic heterocycles. The van der Waals surface area contributed by atoms with Crippen LogP contribution in [0.4, 0.5) is 0 Å². The number of aliphatic hydroxyl groups is 2. The summed E-state index contributed by atoms with van der Waals surface area (Å²) in [7, 11) is 0. The molecule has 0 amide bonds. The summed E-state index contributed by atoms with van der Waals surface area (Å²) in [5, 5.41) is 19.5. The van der Waals surface area contributed by atoms with Gasteiger partial charge in [-0.05, 0) is 25.7 Å². The first kappa shape index (κ1) is 87.9. The van der Waals surface area contributed by atoms with Crippen LogP contribution in [0, 0.1) is 0 Å². The van der Waals surface area contributed by atoms with Crippen LogP contribution in [0.2, 0.25) is 0 Å². The van der Waals surface area contributed by atoms with E-state index >= 15 is 0 Å². The van der Waals surface area contributed by atoms with Crippen LogP contribution in [0.3, 0.4) is 0 Å². The van der Waals surface area contributed by atoms with E-state index in [2.05, 4.69) is 27.7 Å². The average Bonchev–Trinajstić information content (AvgIpc) is 3.53. The SMILES string of the molecule is CCCCCCCCCCCCCCCCCC(=O)OCC(CO)OC(=O)CCCCCCCCCCCCCCCCC.CCCCCCCCCCCCCCCCCC(=O)OCC(O)COC(=O)CCCCCCCCCCCCCCCCC. The first-order chi connectivity index (χ1) is 43.2. The second-order valence-electron chi connectivity index (χ2n) is 26.8. The molecule has 0 aromatic rings. The summed E-state index contributed by atoms with van der Waals surface area (Å²) in [6, 6.07) is 0. The van der Waals surface area contributed by atoms with E-state index in [0.29, 0.717) is 25.7 Å². The maximum Gasteiger partial charge on any atom is 0.306 e. The van der Waals surface area contributed by atoms with Crippen LogP contribution in [0.15, 0.2) is 0 Å². The Hall–Kier alpha value is -2.20. The van der Waals surface area contributed by atoms with E-state index in [9.17, 15) is 29.4 Å². The van der Waals surface area contributed by atoms with Crippen LogP contribution < -0.4 is 0 Å². The number of unbranched alkanes of at least 4 members (excludes halogenated alkanes) is 56. The Morgan fingerprint density at radius 1 is 0.239 bits per heavy atom. The number of carbonyl (C=O) groups is 4. The van der Waals surface area contributed by atoms with Crippen molar-refractivity contribution in [2.45, 2.75) is 451 Å². The van der Waals surface area contributed by atoms with Crippen LogP contribution in [0.5, 0.6) is 0 Å². The third kappa shape index (κ3) is 76.3. The van der Waals surface area contributed by atoms with Crippen molar-refractivity contribution in [1.82, 2.24) is 0 Å². The smallest absolute Gasteiger partial charge is 0.306 e. The standard InChI is InChI=1S/2C39H76O5/c1-3-5-7-9-11-13-15-17-19-21-23-25-27-29-31-33-38(41)43-35-37(40)36-44-39(42)34-32-30-28-26-24-22-20-18-16-14-12-10-8-6-4-2;1-3-5-7-9-11-13-15-17-19-21-23-25-27-29-31-33-38(41)43-36-37(35-40)44-39(42)34-32-30-28-26-24-22-20-18-16-14-12-10-8-6-4-2/h2*37,40H,3-36H2,1-2H3. The van der Waals surface area contributed by atoms with E-state index in [1.54, 1.807) is 0 Å². The van der Waals surface area contributed by atoms with Crippen molar-refractivity contribution in [1.29, 1.82) is 0 Å². The molecule has 2 N–H and O–H groups in total. The summed E-state index contributed by atoms with van der Waals surface area (Å²) in [6.45, 7) is 8.49. The Balaban J connectivity index is 0. The molecule has 0 radical (unpaired) electrons. The fourth-order valence-corrected chi connectivity index (χ4v) is 11.8. The van der Waals surface area contributed by atoms with Gasteiger partial charge in [0.05, 0.1) is 6.61 Å². The van der Waals surface area contributed by atoms with Gasteiger partial charge in [-0.15, -0.1) is 0 Å². The van der Waals surface area contributed by atoms with E-state index in [1.165, 1.54) is 327 Å². The van der Waals surface area contributed by atoms with Gasteiger partial charge in [-0.2, -0.15) is 0 Å². The molecule has 0 rings (SSSR count). The van der Waals surface area contributed by atoms with Gasteiger partial charge >= 0.3 is 23.9 Å². The lowest BCUT2D eigenvalue weighted by atomic mass is 10.0. The minimum absolute atomic E-state index is 0.0569.